The van der Waals surface area contributed by atoms with Gasteiger partial charge in [0.05, 0.1) is 23.8 Å². The summed E-state index contributed by atoms with van der Waals surface area (Å²) in [6, 6.07) is 13.5. The highest BCUT2D eigenvalue weighted by Gasteiger charge is 2.21. The maximum atomic E-state index is 13.6. The van der Waals surface area contributed by atoms with Crippen molar-refractivity contribution in [2.75, 3.05) is 44.6 Å². The molecule has 1 saturated heterocycles. The Morgan fingerprint density at radius 2 is 1.48 bits per heavy atom. The molecule has 0 bridgehead atoms. The van der Waals surface area contributed by atoms with Crippen LogP contribution < -0.4 is 10.6 Å². The molecule has 2 aromatic carbocycles. The number of nitrogens with zero attached hydrogens (tertiary/aromatic N) is 2. The number of nitrogens with one attached hydrogen (secondary N) is 2. The van der Waals surface area contributed by atoms with E-state index in [4.69, 9.17) is 11.6 Å². The minimum absolute atomic E-state index is 0.116. The van der Waals surface area contributed by atoms with Gasteiger partial charge in [0.25, 0.3) is 0 Å². The summed E-state index contributed by atoms with van der Waals surface area (Å²) in [4.78, 5) is 28.4. The van der Waals surface area contributed by atoms with E-state index in [0.29, 0.717) is 42.5 Å². The summed E-state index contributed by atoms with van der Waals surface area (Å²) in [6.45, 7) is 3.46. The van der Waals surface area contributed by atoms with E-state index in [-0.39, 0.29) is 37.3 Å². The Morgan fingerprint density at radius 1 is 0.897 bits per heavy atom. The van der Waals surface area contributed by atoms with Gasteiger partial charge in [-0.05, 0) is 18.2 Å². The summed E-state index contributed by atoms with van der Waals surface area (Å²) in [5, 5.41) is 6.08. The number of carbonyl (C=O) groups excluding carboxylic acids is 2. The van der Waals surface area contributed by atoms with Crippen molar-refractivity contribution in [2.45, 2.75) is 6.54 Å². The van der Waals surface area contributed by atoms with E-state index < -0.39 is 0 Å². The highest BCUT2D eigenvalue weighted by atomic mass is 35.5. The predicted octanol–water partition coefficient (Wildman–Crippen LogP) is 2.35. The molecule has 0 saturated carbocycles. The van der Waals surface area contributed by atoms with Crippen LogP contribution in [-0.2, 0) is 16.1 Å². The third-order valence-electron chi connectivity index (χ3n) is 4.78. The van der Waals surface area contributed by atoms with Crippen LogP contribution >= 0.6 is 11.6 Å². The molecule has 2 aromatic rings. The van der Waals surface area contributed by atoms with Crippen molar-refractivity contribution in [2.24, 2.45) is 0 Å². The second-order valence-corrected chi connectivity index (χ2v) is 7.36. The van der Waals surface area contributed by atoms with Crippen molar-refractivity contribution in [3.05, 3.63) is 64.9 Å². The van der Waals surface area contributed by atoms with E-state index in [9.17, 15) is 14.0 Å². The molecule has 0 aliphatic carbocycles. The lowest BCUT2D eigenvalue weighted by molar-refractivity contribution is -0.123. The Morgan fingerprint density at radius 3 is 2.14 bits per heavy atom. The molecule has 0 atom stereocenters. The lowest BCUT2D eigenvalue weighted by Crippen LogP contribution is -2.50. The van der Waals surface area contributed by atoms with Crippen LogP contribution in [0.5, 0.6) is 0 Å². The molecule has 8 heteroatoms. The van der Waals surface area contributed by atoms with Gasteiger partial charge in [-0.3, -0.25) is 19.4 Å². The zero-order valence-corrected chi connectivity index (χ0v) is 16.8. The molecule has 2 N–H and O–H groups in total. The first-order valence-electron chi connectivity index (χ1n) is 9.50. The summed E-state index contributed by atoms with van der Waals surface area (Å²) in [6.07, 6.45) is 0. The first-order valence-corrected chi connectivity index (χ1v) is 9.88. The van der Waals surface area contributed by atoms with Gasteiger partial charge in [0, 0.05) is 38.3 Å². The predicted molar refractivity (Wildman–Crippen MR) is 111 cm³/mol. The van der Waals surface area contributed by atoms with Crippen molar-refractivity contribution in [1.82, 2.24) is 15.1 Å². The van der Waals surface area contributed by atoms with Gasteiger partial charge in [-0.2, -0.15) is 0 Å². The molecule has 3 rings (SSSR count). The third kappa shape index (κ3) is 6.52. The Hall–Kier alpha value is -2.48. The molecule has 0 radical (unpaired) electrons. The van der Waals surface area contributed by atoms with Crippen LogP contribution in [0.1, 0.15) is 5.56 Å². The molecule has 1 fully saturated rings. The maximum Gasteiger partial charge on any atom is 0.238 e. The van der Waals surface area contributed by atoms with Gasteiger partial charge in [0.2, 0.25) is 11.8 Å². The largest absolute Gasteiger partial charge is 0.351 e. The third-order valence-corrected chi connectivity index (χ3v) is 5.11. The van der Waals surface area contributed by atoms with Gasteiger partial charge in [0.15, 0.2) is 0 Å². The fourth-order valence-corrected chi connectivity index (χ4v) is 3.34. The Labute approximate surface area is 174 Å². The van der Waals surface area contributed by atoms with Gasteiger partial charge >= 0.3 is 0 Å². The fourth-order valence-electron chi connectivity index (χ4n) is 3.16. The van der Waals surface area contributed by atoms with Gasteiger partial charge in [-0.1, -0.05) is 41.9 Å². The minimum atomic E-state index is -0.323. The molecule has 6 nitrogen and oxygen atoms in total. The number of piperazine rings is 1. The molecule has 1 aliphatic heterocycles. The van der Waals surface area contributed by atoms with Crippen LogP contribution in [0.2, 0.25) is 5.02 Å². The van der Waals surface area contributed by atoms with E-state index in [1.807, 2.05) is 21.9 Å². The number of amides is 2. The molecule has 29 heavy (non-hydrogen) atoms. The van der Waals surface area contributed by atoms with Crippen LogP contribution in [0.3, 0.4) is 0 Å². The summed E-state index contributed by atoms with van der Waals surface area (Å²) < 4.78 is 13.6. The molecule has 0 aromatic heterocycles. The Bertz CT molecular complexity index is 856. The van der Waals surface area contributed by atoms with E-state index in [0.717, 1.165) is 0 Å². The monoisotopic (exact) mass is 418 g/mol. The van der Waals surface area contributed by atoms with Crippen molar-refractivity contribution in [3.8, 4) is 0 Å². The lowest BCUT2D eigenvalue weighted by Gasteiger charge is -2.33. The van der Waals surface area contributed by atoms with Gasteiger partial charge < -0.3 is 10.6 Å². The average molecular weight is 419 g/mol. The number of para-hydroxylation sites is 1. The second-order valence-electron chi connectivity index (χ2n) is 6.95. The van der Waals surface area contributed by atoms with Crippen molar-refractivity contribution >= 4 is 29.1 Å². The summed E-state index contributed by atoms with van der Waals surface area (Å²) in [5.41, 5.74) is 1.07. The molecular formula is C21H24ClFN4O2. The Balaban J connectivity index is 1.36. The van der Waals surface area contributed by atoms with E-state index in [1.165, 1.54) is 6.07 Å². The van der Waals surface area contributed by atoms with Crippen LogP contribution in [-0.4, -0.2) is 60.9 Å². The number of benzene rings is 2. The maximum absolute atomic E-state index is 13.6. The fraction of sp³-hybridized carbons (Fsp3) is 0.333. The van der Waals surface area contributed by atoms with Crippen LogP contribution in [0, 0.1) is 5.82 Å². The van der Waals surface area contributed by atoms with E-state index >= 15 is 0 Å². The number of hydrogen-bond acceptors (Lipinski definition) is 4. The number of carbonyl (C=O) groups is 2. The lowest BCUT2D eigenvalue weighted by atomic mass is 10.2. The SMILES string of the molecule is O=C(CN1CCN(CC(=O)Nc2ccccc2Cl)CC1)NCc1ccccc1F. The number of halogens is 2. The van der Waals surface area contributed by atoms with Gasteiger partial charge in [-0.25, -0.2) is 4.39 Å². The molecule has 1 aliphatic rings. The standard InChI is InChI=1S/C21H24ClFN4O2/c22-17-6-2-4-8-19(17)25-21(29)15-27-11-9-26(10-12-27)14-20(28)24-13-16-5-1-3-7-18(16)23/h1-8H,9-15H2,(H,24,28)(H,25,29). The molecular weight excluding hydrogens is 395 g/mol. The van der Waals surface area contributed by atoms with Crippen LogP contribution in [0.4, 0.5) is 10.1 Å². The quantitative estimate of drug-likeness (QED) is 0.724. The molecule has 154 valence electrons. The normalized spacial score (nSPS) is 15.1. The van der Waals surface area contributed by atoms with Gasteiger partial charge in [-0.15, -0.1) is 0 Å². The topological polar surface area (TPSA) is 64.7 Å². The second kappa shape index (κ2) is 10.3. The number of hydrogen-bond donors (Lipinski definition) is 2. The summed E-state index contributed by atoms with van der Waals surface area (Å²) in [5.74, 6) is -0.580. The molecule has 0 unspecified atom stereocenters. The minimum Gasteiger partial charge on any atom is -0.351 e. The zero-order chi connectivity index (χ0) is 20.6. The average Bonchev–Trinajstić information content (AvgIpc) is 2.71. The highest BCUT2D eigenvalue weighted by Crippen LogP contribution is 2.20. The van der Waals surface area contributed by atoms with Crippen molar-refractivity contribution < 1.29 is 14.0 Å². The van der Waals surface area contributed by atoms with Crippen LogP contribution in [0.25, 0.3) is 0 Å². The van der Waals surface area contributed by atoms with E-state index in [2.05, 4.69) is 10.6 Å². The summed E-state index contributed by atoms with van der Waals surface area (Å²) in [7, 11) is 0. The molecule has 2 amide bonds. The molecule has 1 heterocycles. The van der Waals surface area contributed by atoms with Crippen LogP contribution in [0.15, 0.2) is 48.5 Å². The van der Waals surface area contributed by atoms with Gasteiger partial charge in [0.1, 0.15) is 5.82 Å². The Kier molecular flexibility index (Phi) is 7.57. The first kappa shape index (κ1) is 21.2. The smallest absolute Gasteiger partial charge is 0.238 e. The van der Waals surface area contributed by atoms with Crippen molar-refractivity contribution in [1.29, 1.82) is 0 Å². The number of rotatable bonds is 7. The van der Waals surface area contributed by atoms with E-state index in [1.54, 1.807) is 30.3 Å². The number of anilines is 1. The molecule has 0 spiro atoms. The summed E-state index contributed by atoms with van der Waals surface area (Å²) >= 11 is 6.06. The zero-order valence-electron chi connectivity index (χ0n) is 16.0. The van der Waals surface area contributed by atoms with Crippen molar-refractivity contribution in [3.63, 3.8) is 0 Å². The highest BCUT2D eigenvalue weighted by molar-refractivity contribution is 6.33. The first-order chi connectivity index (χ1) is 14.0.